The normalized spacial score (nSPS) is 21.1. The summed E-state index contributed by atoms with van der Waals surface area (Å²) in [7, 11) is 0.428. The molecule has 2 atom stereocenters. The van der Waals surface area contributed by atoms with Crippen molar-refractivity contribution in [1.82, 2.24) is 0 Å². The van der Waals surface area contributed by atoms with Crippen LogP contribution in [0.2, 0.25) is 19.1 Å². The van der Waals surface area contributed by atoms with Crippen LogP contribution in [0.3, 0.4) is 0 Å². The molecule has 3 rings (SSSR count). The number of methoxy groups -OCH3 is 1. The van der Waals surface area contributed by atoms with Crippen molar-refractivity contribution in [1.29, 1.82) is 0 Å². The first-order valence-electron chi connectivity index (χ1n) is 7.79. The molecule has 1 fully saturated rings. The van der Waals surface area contributed by atoms with Crippen LogP contribution in [0.5, 0.6) is 5.75 Å². The van der Waals surface area contributed by atoms with Crippen LogP contribution in [0.4, 0.5) is 0 Å². The van der Waals surface area contributed by atoms with E-state index in [1.807, 2.05) is 0 Å². The quantitative estimate of drug-likeness (QED) is 0.742. The third-order valence-electron chi connectivity index (χ3n) is 4.79. The summed E-state index contributed by atoms with van der Waals surface area (Å²) in [5.74, 6) is 2.60. The summed E-state index contributed by atoms with van der Waals surface area (Å²) in [6, 6.07) is 21.2. The third kappa shape index (κ3) is 3.21. The maximum absolute atomic E-state index is 5.24. The van der Waals surface area contributed by atoms with Crippen LogP contribution in [0.15, 0.2) is 54.6 Å². The van der Waals surface area contributed by atoms with E-state index in [0.717, 1.165) is 17.6 Å². The minimum absolute atomic E-state index is 0.770. The fourth-order valence-corrected chi connectivity index (χ4v) is 6.49. The first-order valence-corrected chi connectivity index (χ1v) is 11.0. The summed E-state index contributed by atoms with van der Waals surface area (Å²) in [4.78, 5) is 0. The second-order valence-electron chi connectivity index (χ2n) is 6.83. The molecular weight excluding hydrogens is 272 g/mol. The molecule has 0 saturated heterocycles. The lowest BCUT2D eigenvalue weighted by molar-refractivity contribution is 0.414. The number of benzene rings is 2. The van der Waals surface area contributed by atoms with Crippen LogP contribution in [-0.4, -0.2) is 15.2 Å². The zero-order chi connectivity index (χ0) is 14.9. The summed E-state index contributed by atoms with van der Waals surface area (Å²) < 4.78 is 5.24. The Morgan fingerprint density at radius 2 is 1.67 bits per heavy atom. The van der Waals surface area contributed by atoms with Gasteiger partial charge in [0.05, 0.1) is 15.2 Å². The average Bonchev–Trinajstić information content (AvgIpc) is 3.26. The molecular formula is C19H24OSi. The Morgan fingerprint density at radius 1 is 1.00 bits per heavy atom. The van der Waals surface area contributed by atoms with Gasteiger partial charge in [-0.25, -0.2) is 0 Å². The molecule has 2 aromatic rings. The molecule has 0 heterocycles. The van der Waals surface area contributed by atoms with Crippen molar-refractivity contribution in [2.45, 2.75) is 31.5 Å². The van der Waals surface area contributed by atoms with E-state index in [1.165, 1.54) is 18.0 Å². The second-order valence-corrected chi connectivity index (χ2v) is 11.6. The largest absolute Gasteiger partial charge is 0.497 e. The van der Waals surface area contributed by atoms with Gasteiger partial charge in [-0.1, -0.05) is 66.8 Å². The van der Waals surface area contributed by atoms with Gasteiger partial charge in [0.25, 0.3) is 0 Å². The van der Waals surface area contributed by atoms with Gasteiger partial charge < -0.3 is 4.74 Å². The van der Waals surface area contributed by atoms with Gasteiger partial charge in [0.2, 0.25) is 0 Å². The van der Waals surface area contributed by atoms with Crippen molar-refractivity contribution in [3.05, 3.63) is 60.2 Å². The Morgan fingerprint density at radius 3 is 2.29 bits per heavy atom. The molecule has 0 aromatic heterocycles. The molecule has 21 heavy (non-hydrogen) atoms. The number of rotatable bonds is 5. The summed E-state index contributed by atoms with van der Waals surface area (Å²) in [6.07, 6.45) is 1.36. The molecule has 0 N–H and O–H groups in total. The van der Waals surface area contributed by atoms with Crippen molar-refractivity contribution >= 4 is 13.3 Å². The second kappa shape index (κ2) is 5.68. The van der Waals surface area contributed by atoms with Crippen molar-refractivity contribution < 1.29 is 4.74 Å². The van der Waals surface area contributed by atoms with E-state index in [2.05, 4.69) is 67.7 Å². The fourth-order valence-electron chi connectivity index (χ4n) is 3.40. The lowest BCUT2D eigenvalue weighted by Crippen LogP contribution is -2.41. The summed E-state index contributed by atoms with van der Waals surface area (Å²) in [6.45, 7) is 5.01. The van der Waals surface area contributed by atoms with Crippen LogP contribution in [0, 0.1) is 5.92 Å². The standard InChI is InChI=1S/C19H24OSi/c1-20-17-11-9-15(10-12-17)19-13-16(19)14-21(2,3)18-7-5-4-6-8-18/h4-12,16,19H,13-14H2,1-3H3/t16-,19-/m1/s1. The van der Waals surface area contributed by atoms with Crippen LogP contribution < -0.4 is 9.92 Å². The van der Waals surface area contributed by atoms with Crippen molar-refractivity contribution in [2.24, 2.45) is 5.92 Å². The molecule has 1 aliphatic carbocycles. The lowest BCUT2D eigenvalue weighted by Gasteiger charge is -2.23. The van der Waals surface area contributed by atoms with Crippen molar-refractivity contribution in [2.75, 3.05) is 7.11 Å². The predicted molar refractivity (Wildman–Crippen MR) is 92.2 cm³/mol. The highest BCUT2D eigenvalue weighted by atomic mass is 28.3. The van der Waals surface area contributed by atoms with E-state index in [4.69, 9.17) is 4.74 Å². The molecule has 1 saturated carbocycles. The fraction of sp³-hybridized carbons (Fsp3) is 0.368. The smallest absolute Gasteiger partial charge is 0.118 e. The third-order valence-corrected chi connectivity index (χ3v) is 8.24. The van der Waals surface area contributed by atoms with Crippen LogP contribution in [0.25, 0.3) is 0 Å². The molecule has 2 aromatic carbocycles. The first-order chi connectivity index (χ1) is 10.1. The summed E-state index contributed by atoms with van der Waals surface area (Å²) in [5.41, 5.74) is 1.48. The van der Waals surface area contributed by atoms with E-state index in [1.54, 1.807) is 12.3 Å². The molecule has 0 unspecified atom stereocenters. The predicted octanol–water partition coefficient (Wildman–Crippen LogP) is 4.41. The van der Waals surface area contributed by atoms with E-state index < -0.39 is 8.07 Å². The van der Waals surface area contributed by atoms with Crippen molar-refractivity contribution in [3.8, 4) is 5.75 Å². The SMILES string of the molecule is COc1ccc([C@H]2C[C@@H]2C[Si](C)(C)c2ccccc2)cc1. The molecule has 0 aliphatic heterocycles. The topological polar surface area (TPSA) is 9.23 Å². The summed E-state index contributed by atoms with van der Waals surface area (Å²) in [5, 5.41) is 1.59. The van der Waals surface area contributed by atoms with Gasteiger partial charge in [0.1, 0.15) is 5.75 Å². The van der Waals surface area contributed by atoms with Gasteiger partial charge in [-0.2, -0.15) is 0 Å². The molecule has 1 aliphatic rings. The summed E-state index contributed by atoms with van der Waals surface area (Å²) >= 11 is 0. The first kappa shape index (κ1) is 14.4. The Bertz CT molecular complexity index is 589. The minimum Gasteiger partial charge on any atom is -0.497 e. The highest BCUT2D eigenvalue weighted by Gasteiger charge is 2.42. The Labute approximate surface area is 129 Å². The van der Waals surface area contributed by atoms with E-state index >= 15 is 0 Å². The van der Waals surface area contributed by atoms with Crippen LogP contribution >= 0.6 is 0 Å². The minimum atomic E-state index is -1.30. The van der Waals surface area contributed by atoms with E-state index in [-0.39, 0.29) is 0 Å². The van der Waals surface area contributed by atoms with Crippen LogP contribution in [-0.2, 0) is 0 Å². The maximum atomic E-state index is 5.24. The molecule has 2 heteroatoms. The molecule has 0 bridgehead atoms. The zero-order valence-electron chi connectivity index (χ0n) is 13.2. The number of hydrogen-bond acceptors (Lipinski definition) is 1. The Kier molecular flexibility index (Phi) is 3.90. The molecule has 0 spiro atoms. The molecule has 0 amide bonds. The van der Waals surface area contributed by atoms with Gasteiger partial charge in [-0.15, -0.1) is 0 Å². The van der Waals surface area contributed by atoms with Crippen LogP contribution in [0.1, 0.15) is 17.9 Å². The molecule has 0 radical (unpaired) electrons. The van der Waals surface area contributed by atoms with E-state index in [0.29, 0.717) is 0 Å². The highest BCUT2D eigenvalue weighted by Crippen LogP contribution is 2.51. The Hall–Kier alpha value is -1.54. The number of ether oxygens (including phenoxy) is 1. The maximum Gasteiger partial charge on any atom is 0.118 e. The van der Waals surface area contributed by atoms with E-state index in [9.17, 15) is 0 Å². The number of hydrogen-bond donors (Lipinski definition) is 0. The molecule has 1 nitrogen and oxygen atoms in total. The van der Waals surface area contributed by atoms with Gasteiger partial charge >= 0.3 is 0 Å². The average molecular weight is 296 g/mol. The lowest BCUT2D eigenvalue weighted by atomic mass is 10.1. The molecule has 110 valence electrons. The van der Waals surface area contributed by atoms with Gasteiger partial charge in [0.15, 0.2) is 0 Å². The highest BCUT2D eigenvalue weighted by molar-refractivity contribution is 6.89. The zero-order valence-corrected chi connectivity index (χ0v) is 14.2. The van der Waals surface area contributed by atoms with Crippen molar-refractivity contribution in [3.63, 3.8) is 0 Å². The van der Waals surface area contributed by atoms with Gasteiger partial charge in [-0.05, 0) is 36.0 Å². The monoisotopic (exact) mass is 296 g/mol. The van der Waals surface area contributed by atoms with Gasteiger partial charge in [-0.3, -0.25) is 0 Å². The van der Waals surface area contributed by atoms with Gasteiger partial charge in [0, 0.05) is 0 Å². The Balaban J connectivity index is 1.65.